The average molecular weight is 512 g/mol. The molecule has 0 fully saturated rings. The maximum Gasteiger partial charge on any atom is 0.146 e. The quantitative estimate of drug-likeness (QED) is 0.216. The normalized spacial score (nSPS) is 17.8. The molecule has 3 nitrogen and oxygen atoms in total. The molecule has 2 aliphatic rings. The van der Waals surface area contributed by atoms with Crippen LogP contribution in [0.3, 0.4) is 0 Å². The molecule has 0 N–H and O–H groups in total. The fraction of sp³-hybridized carbons (Fsp3) is 0.0541. The summed E-state index contributed by atoms with van der Waals surface area (Å²) in [7, 11) is 0. The number of aromatic nitrogens is 2. The molecule has 5 aromatic carbocycles. The van der Waals surface area contributed by atoms with Gasteiger partial charge in [-0.05, 0) is 64.5 Å². The standard InChI is InChI=1S/C37H25N3/c1-2-15-30-27(12-1)31-23-25(20-21-35(31)40-36-19-8-5-16-32(36)38-37(30)40)24-10-9-11-26(22-24)39-33-17-6-3-13-28(33)29-14-4-7-18-34(29)39/h1-23,28,33H. The van der Waals surface area contributed by atoms with E-state index in [4.69, 9.17) is 4.98 Å². The Morgan fingerprint density at radius 1 is 0.575 bits per heavy atom. The van der Waals surface area contributed by atoms with Gasteiger partial charge in [-0.15, -0.1) is 0 Å². The Bertz CT molecular complexity index is 2200. The van der Waals surface area contributed by atoms with Crippen LogP contribution in [-0.2, 0) is 0 Å². The average Bonchev–Trinajstić information content (AvgIpc) is 3.58. The predicted octanol–water partition coefficient (Wildman–Crippen LogP) is 9.19. The van der Waals surface area contributed by atoms with Crippen LogP contribution in [0.2, 0.25) is 0 Å². The minimum Gasteiger partial charge on any atom is -0.333 e. The topological polar surface area (TPSA) is 20.5 Å². The number of allylic oxidation sites excluding steroid dienone is 2. The third-order valence-electron chi connectivity index (χ3n) is 8.67. The Morgan fingerprint density at radius 3 is 2.35 bits per heavy atom. The maximum atomic E-state index is 5.03. The van der Waals surface area contributed by atoms with E-state index in [9.17, 15) is 0 Å². The number of pyridine rings is 1. The van der Waals surface area contributed by atoms with Gasteiger partial charge in [0.25, 0.3) is 0 Å². The van der Waals surface area contributed by atoms with E-state index in [0.29, 0.717) is 12.0 Å². The van der Waals surface area contributed by atoms with Crippen molar-refractivity contribution < 1.29 is 0 Å². The molecule has 7 aromatic rings. The molecule has 0 bridgehead atoms. The summed E-state index contributed by atoms with van der Waals surface area (Å²) in [6.45, 7) is 0. The van der Waals surface area contributed by atoms with Gasteiger partial charge in [0.2, 0.25) is 0 Å². The number of hydrogen-bond acceptors (Lipinski definition) is 2. The van der Waals surface area contributed by atoms with Gasteiger partial charge in [-0.25, -0.2) is 4.98 Å². The Morgan fingerprint density at radius 2 is 1.38 bits per heavy atom. The van der Waals surface area contributed by atoms with Gasteiger partial charge in [-0.1, -0.05) is 97.1 Å². The van der Waals surface area contributed by atoms with E-state index < -0.39 is 0 Å². The third kappa shape index (κ3) is 2.97. The molecule has 0 radical (unpaired) electrons. The van der Waals surface area contributed by atoms with Crippen molar-refractivity contribution in [2.24, 2.45) is 0 Å². The molecule has 2 aromatic heterocycles. The number of benzene rings is 5. The molecule has 1 aliphatic carbocycles. The van der Waals surface area contributed by atoms with Gasteiger partial charge in [-0.2, -0.15) is 0 Å². The van der Waals surface area contributed by atoms with Crippen molar-refractivity contribution in [1.82, 2.24) is 9.38 Å². The van der Waals surface area contributed by atoms with Crippen LogP contribution in [0.15, 0.2) is 140 Å². The van der Waals surface area contributed by atoms with Gasteiger partial charge >= 0.3 is 0 Å². The van der Waals surface area contributed by atoms with E-state index in [0.717, 1.165) is 16.7 Å². The second-order valence-corrected chi connectivity index (χ2v) is 10.8. The van der Waals surface area contributed by atoms with Gasteiger partial charge in [0.05, 0.1) is 22.6 Å². The van der Waals surface area contributed by atoms with Crippen LogP contribution in [-0.4, -0.2) is 15.4 Å². The van der Waals surface area contributed by atoms with E-state index in [1.165, 1.54) is 49.7 Å². The Kier molecular flexibility index (Phi) is 4.44. The lowest BCUT2D eigenvalue weighted by Crippen LogP contribution is -2.28. The zero-order valence-electron chi connectivity index (χ0n) is 21.8. The molecule has 9 rings (SSSR count). The molecule has 0 saturated heterocycles. The van der Waals surface area contributed by atoms with E-state index in [-0.39, 0.29) is 0 Å². The van der Waals surface area contributed by atoms with Crippen molar-refractivity contribution >= 4 is 49.7 Å². The highest BCUT2D eigenvalue weighted by molar-refractivity contribution is 6.14. The minimum absolute atomic E-state index is 0.293. The lowest BCUT2D eigenvalue weighted by Gasteiger charge is -2.29. The first kappa shape index (κ1) is 21.7. The molecule has 3 heteroatoms. The third-order valence-corrected chi connectivity index (χ3v) is 8.67. The van der Waals surface area contributed by atoms with E-state index in [1.54, 1.807) is 0 Å². The maximum absolute atomic E-state index is 5.03. The summed E-state index contributed by atoms with van der Waals surface area (Å²) in [5.41, 5.74) is 10.7. The van der Waals surface area contributed by atoms with Gasteiger partial charge in [0.1, 0.15) is 5.65 Å². The number of nitrogens with zero attached hydrogens (tertiary/aromatic N) is 3. The van der Waals surface area contributed by atoms with E-state index >= 15 is 0 Å². The van der Waals surface area contributed by atoms with Crippen molar-refractivity contribution in [3.8, 4) is 11.1 Å². The van der Waals surface area contributed by atoms with Crippen LogP contribution in [0.1, 0.15) is 11.5 Å². The van der Waals surface area contributed by atoms with Gasteiger partial charge < -0.3 is 4.90 Å². The smallest absolute Gasteiger partial charge is 0.146 e. The zero-order valence-corrected chi connectivity index (χ0v) is 21.8. The van der Waals surface area contributed by atoms with Gasteiger partial charge in [-0.3, -0.25) is 4.40 Å². The summed E-state index contributed by atoms with van der Waals surface area (Å²) in [5, 5.41) is 3.64. The van der Waals surface area contributed by atoms with Crippen molar-refractivity contribution in [3.63, 3.8) is 0 Å². The van der Waals surface area contributed by atoms with Crippen molar-refractivity contribution in [2.75, 3.05) is 4.90 Å². The highest BCUT2D eigenvalue weighted by Gasteiger charge is 2.37. The SMILES string of the molecule is C1=CC2c3ccccc3N(c3cccc(-c4ccc5c(c4)c4ccccc4c4nc6ccccc6n54)c3)C2C=C1. The second kappa shape index (κ2) is 8.17. The lowest BCUT2D eigenvalue weighted by atomic mass is 9.91. The number of para-hydroxylation sites is 3. The van der Waals surface area contributed by atoms with Crippen molar-refractivity contribution in [3.05, 3.63) is 145 Å². The second-order valence-electron chi connectivity index (χ2n) is 10.8. The molecular weight excluding hydrogens is 486 g/mol. The van der Waals surface area contributed by atoms with Crippen LogP contribution in [0.5, 0.6) is 0 Å². The molecule has 0 spiro atoms. The molecule has 2 unspecified atom stereocenters. The molecular formula is C37H25N3. The van der Waals surface area contributed by atoms with Crippen molar-refractivity contribution in [2.45, 2.75) is 12.0 Å². The molecule has 2 atom stereocenters. The Labute approximate surface area is 231 Å². The first-order valence-corrected chi connectivity index (χ1v) is 13.9. The van der Waals surface area contributed by atoms with Crippen LogP contribution in [0, 0.1) is 0 Å². The fourth-order valence-corrected chi connectivity index (χ4v) is 6.92. The summed E-state index contributed by atoms with van der Waals surface area (Å²) in [4.78, 5) is 7.53. The number of imidazole rings is 1. The first-order chi connectivity index (χ1) is 19.8. The molecule has 188 valence electrons. The van der Waals surface area contributed by atoms with Crippen molar-refractivity contribution in [1.29, 1.82) is 0 Å². The van der Waals surface area contributed by atoms with Crippen LogP contribution < -0.4 is 4.90 Å². The zero-order chi connectivity index (χ0) is 26.2. The summed E-state index contributed by atoms with van der Waals surface area (Å²) in [6, 6.07) is 42.1. The molecule has 0 saturated carbocycles. The van der Waals surface area contributed by atoms with Crippen LogP contribution >= 0.6 is 0 Å². The Balaban J connectivity index is 1.25. The number of anilines is 2. The van der Waals surface area contributed by atoms with E-state index in [2.05, 4.69) is 149 Å². The Hall–Kier alpha value is -5.15. The fourth-order valence-electron chi connectivity index (χ4n) is 6.92. The van der Waals surface area contributed by atoms with Gasteiger partial charge in [0.15, 0.2) is 0 Å². The summed E-state index contributed by atoms with van der Waals surface area (Å²) < 4.78 is 2.32. The monoisotopic (exact) mass is 511 g/mol. The van der Waals surface area contributed by atoms with E-state index in [1.807, 2.05) is 0 Å². The minimum atomic E-state index is 0.293. The predicted molar refractivity (Wildman–Crippen MR) is 167 cm³/mol. The number of rotatable bonds is 2. The highest BCUT2D eigenvalue weighted by atomic mass is 15.2. The first-order valence-electron chi connectivity index (χ1n) is 13.9. The lowest BCUT2D eigenvalue weighted by molar-refractivity contribution is 0.745. The number of hydrogen-bond donors (Lipinski definition) is 0. The van der Waals surface area contributed by atoms with Crippen LogP contribution in [0.25, 0.3) is 49.5 Å². The summed E-state index contributed by atoms with van der Waals surface area (Å²) in [6.07, 6.45) is 9.03. The van der Waals surface area contributed by atoms with Crippen LogP contribution in [0.4, 0.5) is 11.4 Å². The number of fused-ring (bicyclic) bond motifs is 11. The highest BCUT2D eigenvalue weighted by Crippen LogP contribution is 2.48. The summed E-state index contributed by atoms with van der Waals surface area (Å²) >= 11 is 0. The summed E-state index contributed by atoms with van der Waals surface area (Å²) in [5.74, 6) is 0.379. The van der Waals surface area contributed by atoms with Gasteiger partial charge in [0, 0.05) is 28.1 Å². The molecule has 40 heavy (non-hydrogen) atoms. The molecule has 3 heterocycles. The largest absolute Gasteiger partial charge is 0.333 e. The molecule has 1 aliphatic heterocycles. The molecule has 0 amide bonds.